The number of ether oxygens (including phenoxy) is 8. The average molecular weight is 913 g/mol. The summed E-state index contributed by atoms with van der Waals surface area (Å²) in [4.78, 5) is 12.5. The first-order chi connectivity index (χ1) is 30.0. The van der Waals surface area contributed by atoms with Crippen molar-refractivity contribution in [2.45, 2.75) is 199 Å². The van der Waals surface area contributed by atoms with Gasteiger partial charge >= 0.3 is 5.97 Å². The zero-order valence-electron chi connectivity index (χ0n) is 34.7. The molecule has 23 unspecified atom stereocenters. The van der Waals surface area contributed by atoms with Crippen molar-refractivity contribution < 1.29 is 108 Å². The number of esters is 1. The molecule has 63 heavy (non-hydrogen) atoms. The summed E-state index contributed by atoms with van der Waals surface area (Å²) in [6.07, 6.45) is -25.1. The number of carbonyl (C=O) groups is 1. The van der Waals surface area contributed by atoms with E-state index in [0.29, 0.717) is 32.1 Å². The van der Waals surface area contributed by atoms with Crippen molar-refractivity contribution >= 4 is 5.97 Å². The summed E-state index contributed by atoms with van der Waals surface area (Å²) in [6, 6.07) is 0. The maximum atomic E-state index is 13.5. The minimum atomic E-state index is -1.91. The zero-order chi connectivity index (χ0) is 45.3. The van der Waals surface area contributed by atoms with Crippen LogP contribution in [0.4, 0.5) is 4.39 Å². The molecule has 4 aliphatic heterocycles. The van der Waals surface area contributed by atoms with Crippen LogP contribution in [0.15, 0.2) is 12.2 Å². The molecule has 4 saturated heterocycles. The Hall–Kier alpha value is -1.62. The molecule has 22 heteroatoms. The topological polar surface area (TPSA) is 334 Å². The van der Waals surface area contributed by atoms with Gasteiger partial charge in [-0.15, -0.1) is 0 Å². The van der Waals surface area contributed by atoms with E-state index in [1.807, 2.05) is 0 Å². The van der Waals surface area contributed by atoms with Crippen molar-refractivity contribution in [2.24, 2.45) is 17.8 Å². The quantitative estimate of drug-likeness (QED) is 0.0654. The molecule has 7 aliphatic rings. The molecule has 0 amide bonds. The van der Waals surface area contributed by atoms with Crippen LogP contribution >= 0.6 is 0 Å². The van der Waals surface area contributed by atoms with Crippen LogP contribution < -0.4 is 0 Å². The van der Waals surface area contributed by atoms with E-state index in [1.165, 1.54) is 6.08 Å². The first-order valence-corrected chi connectivity index (χ1v) is 22.1. The molecule has 0 aromatic rings. The zero-order valence-corrected chi connectivity index (χ0v) is 34.7. The van der Waals surface area contributed by atoms with Crippen LogP contribution in [0.1, 0.15) is 64.2 Å². The van der Waals surface area contributed by atoms with E-state index in [9.17, 15) is 70.5 Å². The Morgan fingerprint density at radius 2 is 1.29 bits per heavy atom. The Morgan fingerprint density at radius 3 is 2.02 bits per heavy atom. The molecule has 3 aliphatic carbocycles. The minimum Gasteiger partial charge on any atom is -0.460 e. The predicted octanol–water partition coefficient (Wildman–Crippen LogP) is -4.09. The van der Waals surface area contributed by atoms with Crippen molar-refractivity contribution in [2.75, 3.05) is 19.8 Å². The molecule has 0 spiro atoms. The molecular formula is C41H65FO21. The lowest BCUT2D eigenvalue weighted by Gasteiger charge is -2.51. The molecule has 7 fully saturated rings. The Balaban J connectivity index is 1.06. The monoisotopic (exact) mass is 912 g/mol. The van der Waals surface area contributed by atoms with Gasteiger partial charge in [-0.2, -0.15) is 0 Å². The van der Waals surface area contributed by atoms with Gasteiger partial charge in [0.25, 0.3) is 0 Å². The molecule has 0 aromatic heterocycles. The average Bonchev–Trinajstić information content (AvgIpc) is 3.25. The van der Waals surface area contributed by atoms with Crippen LogP contribution in [0.5, 0.6) is 0 Å². The minimum absolute atomic E-state index is 0.00174. The van der Waals surface area contributed by atoms with Crippen LogP contribution in [0.25, 0.3) is 0 Å². The predicted molar refractivity (Wildman–Crippen MR) is 205 cm³/mol. The van der Waals surface area contributed by atoms with Gasteiger partial charge in [-0.3, -0.25) is 0 Å². The van der Waals surface area contributed by atoms with Crippen LogP contribution in [0, 0.1) is 17.8 Å². The SMILES string of the molecule is O=C(C=CC1CCC(F)CC1)OCC1OC(OCC2OC(OC3CC4C(O)CC(O)CC4OC3C3CCC(O)C(O)C3)C(OC3OCC(O)C(O)C3O)C(O)C2O)C(O)C(O)C1O. The van der Waals surface area contributed by atoms with E-state index < -0.39 is 173 Å². The summed E-state index contributed by atoms with van der Waals surface area (Å²) in [5.74, 6) is -1.73. The highest BCUT2D eigenvalue weighted by atomic mass is 19.1. The van der Waals surface area contributed by atoms with Gasteiger partial charge in [-0.1, -0.05) is 6.08 Å². The maximum absolute atomic E-state index is 13.5. The van der Waals surface area contributed by atoms with Crippen LogP contribution in [-0.4, -0.2) is 222 Å². The third-order valence-corrected chi connectivity index (χ3v) is 13.9. The number of halogens is 1. The highest BCUT2D eigenvalue weighted by Crippen LogP contribution is 2.44. The van der Waals surface area contributed by atoms with Crippen LogP contribution in [-0.2, 0) is 42.7 Å². The fraction of sp³-hybridized carbons (Fsp3) is 0.927. The fourth-order valence-electron chi connectivity index (χ4n) is 10.0. The molecular weight excluding hydrogens is 847 g/mol. The van der Waals surface area contributed by atoms with Crippen molar-refractivity contribution in [3.63, 3.8) is 0 Å². The van der Waals surface area contributed by atoms with Gasteiger partial charge in [-0.25, -0.2) is 9.18 Å². The third kappa shape index (κ3) is 11.6. The van der Waals surface area contributed by atoms with Crippen molar-refractivity contribution in [3.05, 3.63) is 12.2 Å². The molecule has 21 nitrogen and oxygen atoms in total. The number of hydrogen-bond acceptors (Lipinski definition) is 21. The standard InChI is InChI=1S/C41H65FO21/c42-18-5-1-16(2-6-18)3-8-29(48)56-14-27-31(50)33(52)36(55)39(61-27)58-15-28-32(51)34(53)38(63-40-35(54)30(49)24(47)13-57-40)41(62-28)60-26-12-20-22(45)10-19(43)11-25(20)59-37(26)17-4-7-21(44)23(46)9-17/h3,8,16-28,30-41,43-47,49-55H,1-2,4-7,9-15H2. The molecule has 0 radical (unpaired) electrons. The second kappa shape index (κ2) is 21.6. The summed E-state index contributed by atoms with van der Waals surface area (Å²) >= 11 is 0. The molecule has 362 valence electrons. The first kappa shape index (κ1) is 49.3. The molecule has 3 saturated carbocycles. The summed E-state index contributed by atoms with van der Waals surface area (Å²) in [6.45, 7) is -1.71. The van der Waals surface area contributed by atoms with E-state index in [4.69, 9.17) is 37.9 Å². The highest BCUT2D eigenvalue weighted by molar-refractivity contribution is 5.81. The lowest BCUT2D eigenvalue weighted by atomic mass is 9.72. The lowest BCUT2D eigenvalue weighted by molar-refractivity contribution is -0.376. The van der Waals surface area contributed by atoms with Gasteiger partial charge in [0.05, 0.1) is 55.9 Å². The van der Waals surface area contributed by atoms with E-state index in [2.05, 4.69) is 0 Å². The van der Waals surface area contributed by atoms with E-state index >= 15 is 0 Å². The van der Waals surface area contributed by atoms with E-state index in [1.54, 1.807) is 6.08 Å². The van der Waals surface area contributed by atoms with Crippen LogP contribution in [0.2, 0.25) is 0 Å². The summed E-state index contributed by atoms with van der Waals surface area (Å²) in [7, 11) is 0. The first-order valence-electron chi connectivity index (χ1n) is 22.1. The fourth-order valence-corrected chi connectivity index (χ4v) is 10.0. The van der Waals surface area contributed by atoms with Crippen molar-refractivity contribution in [3.8, 4) is 0 Å². The molecule has 4 heterocycles. The number of aliphatic hydroxyl groups is 12. The largest absolute Gasteiger partial charge is 0.460 e. The normalized spacial score (nSPS) is 51.1. The maximum Gasteiger partial charge on any atom is 0.330 e. The summed E-state index contributed by atoms with van der Waals surface area (Å²) in [5, 5.41) is 129. The molecule has 7 rings (SSSR count). The number of alkyl halides is 1. The number of aliphatic hydroxyl groups excluding tert-OH is 12. The number of allylic oxidation sites excluding steroid dienone is 1. The number of fused-ring (bicyclic) bond motifs is 1. The van der Waals surface area contributed by atoms with E-state index in [-0.39, 0.29) is 38.0 Å². The molecule has 0 aromatic carbocycles. The van der Waals surface area contributed by atoms with Gasteiger partial charge < -0.3 is 99.2 Å². The number of hydrogen-bond donors (Lipinski definition) is 12. The Labute approximate surface area is 362 Å². The number of rotatable bonds is 12. The highest BCUT2D eigenvalue weighted by Gasteiger charge is 2.55. The summed E-state index contributed by atoms with van der Waals surface area (Å²) in [5.41, 5.74) is 0. The third-order valence-electron chi connectivity index (χ3n) is 13.9. The summed E-state index contributed by atoms with van der Waals surface area (Å²) < 4.78 is 60.8. The van der Waals surface area contributed by atoms with E-state index in [0.717, 1.165) is 0 Å². The smallest absolute Gasteiger partial charge is 0.330 e. The lowest BCUT2D eigenvalue weighted by Crippen LogP contribution is -2.65. The second-order valence-electron chi connectivity index (χ2n) is 18.3. The second-order valence-corrected chi connectivity index (χ2v) is 18.3. The van der Waals surface area contributed by atoms with Crippen LogP contribution in [0.3, 0.4) is 0 Å². The van der Waals surface area contributed by atoms with Gasteiger partial charge in [0.15, 0.2) is 18.9 Å². The Bertz CT molecular complexity index is 1490. The van der Waals surface area contributed by atoms with Crippen molar-refractivity contribution in [1.82, 2.24) is 0 Å². The van der Waals surface area contributed by atoms with Gasteiger partial charge in [-0.05, 0) is 76.0 Å². The molecule has 23 atom stereocenters. The van der Waals surface area contributed by atoms with Gasteiger partial charge in [0.2, 0.25) is 0 Å². The molecule has 0 bridgehead atoms. The molecule has 12 N–H and O–H groups in total. The van der Waals surface area contributed by atoms with Gasteiger partial charge in [0, 0.05) is 12.0 Å². The Morgan fingerprint density at radius 1 is 0.603 bits per heavy atom. The Kier molecular flexibility index (Phi) is 16.9. The number of carbonyl (C=O) groups excluding carboxylic acids is 1. The van der Waals surface area contributed by atoms with Crippen molar-refractivity contribution in [1.29, 1.82) is 0 Å². The van der Waals surface area contributed by atoms with Gasteiger partial charge in [0.1, 0.15) is 79.9 Å².